The van der Waals surface area contributed by atoms with Crippen molar-refractivity contribution in [1.29, 1.82) is 0 Å². The molecular formula is C11H9BrF2O4. The van der Waals surface area contributed by atoms with Gasteiger partial charge in [-0.2, -0.15) is 8.78 Å². The molecule has 0 aromatic heterocycles. The van der Waals surface area contributed by atoms with E-state index in [-0.39, 0.29) is 5.75 Å². The van der Waals surface area contributed by atoms with E-state index in [9.17, 15) is 18.7 Å². The molecule has 1 N–H and O–H groups in total. The second-order valence-electron chi connectivity index (χ2n) is 3.85. The quantitative estimate of drug-likeness (QED) is 0.848. The number of esters is 1. The molecule has 7 heteroatoms. The minimum absolute atomic E-state index is 0.158. The summed E-state index contributed by atoms with van der Waals surface area (Å²) >= 11 is 3.06. The van der Waals surface area contributed by atoms with Gasteiger partial charge in [0.05, 0.1) is 12.7 Å². The lowest BCUT2D eigenvalue weighted by molar-refractivity contribution is -0.269. The van der Waals surface area contributed by atoms with Crippen molar-refractivity contribution in [2.45, 2.75) is 18.1 Å². The van der Waals surface area contributed by atoms with Crippen LogP contribution >= 0.6 is 15.9 Å². The van der Waals surface area contributed by atoms with Gasteiger partial charge >= 0.3 is 11.9 Å². The molecule has 18 heavy (non-hydrogen) atoms. The molecule has 0 saturated heterocycles. The van der Waals surface area contributed by atoms with E-state index < -0.39 is 29.7 Å². The molecular weight excluding hydrogens is 314 g/mol. The highest BCUT2D eigenvalue weighted by atomic mass is 79.9. The van der Waals surface area contributed by atoms with E-state index in [1.165, 1.54) is 12.1 Å². The van der Waals surface area contributed by atoms with Crippen LogP contribution in [0.1, 0.15) is 12.0 Å². The summed E-state index contributed by atoms with van der Waals surface area (Å²) in [7, 11) is 1.04. The van der Waals surface area contributed by atoms with Gasteiger partial charge in [0.15, 0.2) is 0 Å². The van der Waals surface area contributed by atoms with Crippen LogP contribution in [0.5, 0.6) is 5.75 Å². The van der Waals surface area contributed by atoms with Gasteiger partial charge in [-0.05, 0) is 18.2 Å². The Hall–Kier alpha value is -1.21. The van der Waals surface area contributed by atoms with E-state index in [2.05, 4.69) is 20.7 Å². The van der Waals surface area contributed by atoms with Crippen molar-refractivity contribution in [2.75, 3.05) is 7.11 Å². The molecule has 0 bridgehead atoms. The molecule has 1 unspecified atom stereocenters. The standard InChI is InChI=1S/C11H9BrF2O4/c1-17-9(15)5-10(16)11(13,14)7-4-6(12)2-3-8(7)18-10/h2-4,16H,5H2,1H3. The van der Waals surface area contributed by atoms with E-state index in [4.69, 9.17) is 4.74 Å². The highest BCUT2D eigenvalue weighted by Crippen LogP contribution is 2.52. The van der Waals surface area contributed by atoms with Crippen molar-refractivity contribution in [3.05, 3.63) is 28.2 Å². The predicted octanol–water partition coefficient (Wildman–Crippen LogP) is 2.18. The van der Waals surface area contributed by atoms with Crippen LogP contribution in [0, 0.1) is 0 Å². The van der Waals surface area contributed by atoms with Crippen molar-refractivity contribution >= 4 is 21.9 Å². The van der Waals surface area contributed by atoms with E-state index in [1.807, 2.05) is 0 Å². The molecule has 0 radical (unpaired) electrons. The monoisotopic (exact) mass is 322 g/mol. The Balaban J connectivity index is 2.42. The maximum atomic E-state index is 14.1. The van der Waals surface area contributed by atoms with Gasteiger partial charge in [0.1, 0.15) is 12.2 Å². The van der Waals surface area contributed by atoms with Crippen molar-refractivity contribution < 1.29 is 28.2 Å². The average Bonchev–Trinajstić information content (AvgIpc) is 2.48. The van der Waals surface area contributed by atoms with Crippen LogP contribution in [0.15, 0.2) is 22.7 Å². The molecule has 0 saturated carbocycles. The van der Waals surface area contributed by atoms with Crippen molar-refractivity contribution in [2.24, 2.45) is 0 Å². The number of hydrogen-bond acceptors (Lipinski definition) is 4. The van der Waals surface area contributed by atoms with Gasteiger partial charge in [0.25, 0.3) is 5.79 Å². The minimum Gasteiger partial charge on any atom is -0.469 e. The zero-order valence-electron chi connectivity index (χ0n) is 9.25. The van der Waals surface area contributed by atoms with E-state index >= 15 is 0 Å². The minimum atomic E-state index is -3.69. The third-order valence-corrected chi connectivity index (χ3v) is 3.15. The Kier molecular flexibility index (Phi) is 3.06. The first-order chi connectivity index (χ1) is 8.30. The largest absolute Gasteiger partial charge is 0.469 e. The Bertz CT molecular complexity index is 506. The Morgan fingerprint density at radius 1 is 1.56 bits per heavy atom. The summed E-state index contributed by atoms with van der Waals surface area (Å²) in [5, 5.41) is 9.84. The first-order valence-corrected chi connectivity index (χ1v) is 5.75. The Morgan fingerprint density at radius 3 is 2.83 bits per heavy atom. The number of rotatable bonds is 2. The summed E-state index contributed by atoms with van der Waals surface area (Å²) in [5.74, 6) is -7.75. The third-order valence-electron chi connectivity index (χ3n) is 2.66. The maximum Gasteiger partial charge on any atom is 0.340 e. The molecule has 1 aromatic rings. The number of carbonyl (C=O) groups is 1. The Labute approximate surface area is 110 Å². The molecule has 4 nitrogen and oxygen atoms in total. The van der Waals surface area contributed by atoms with Gasteiger partial charge in [0, 0.05) is 4.47 Å². The zero-order valence-corrected chi connectivity index (χ0v) is 10.8. The number of methoxy groups -OCH3 is 1. The summed E-state index contributed by atoms with van der Waals surface area (Å²) in [6.45, 7) is 0. The summed E-state index contributed by atoms with van der Waals surface area (Å²) in [5.41, 5.74) is -0.469. The van der Waals surface area contributed by atoms with E-state index in [1.54, 1.807) is 0 Å². The summed E-state index contributed by atoms with van der Waals surface area (Å²) in [6, 6.07) is 3.94. The molecule has 0 fully saturated rings. The second kappa shape index (κ2) is 4.17. The topological polar surface area (TPSA) is 55.8 Å². The second-order valence-corrected chi connectivity index (χ2v) is 4.77. The molecule has 1 atom stereocenters. The number of halogens is 3. The molecule has 1 aliphatic heterocycles. The van der Waals surface area contributed by atoms with Gasteiger partial charge in [-0.3, -0.25) is 4.79 Å². The predicted molar refractivity (Wildman–Crippen MR) is 60.2 cm³/mol. The van der Waals surface area contributed by atoms with Crippen LogP contribution in [0.3, 0.4) is 0 Å². The van der Waals surface area contributed by atoms with Gasteiger partial charge in [-0.15, -0.1) is 0 Å². The van der Waals surface area contributed by atoms with E-state index in [0.29, 0.717) is 4.47 Å². The molecule has 0 amide bonds. The molecule has 0 spiro atoms. The molecule has 98 valence electrons. The molecule has 0 aliphatic carbocycles. The number of aliphatic hydroxyl groups is 1. The number of ether oxygens (including phenoxy) is 2. The van der Waals surface area contributed by atoms with Crippen molar-refractivity contribution in [3.8, 4) is 5.75 Å². The van der Waals surface area contributed by atoms with Crippen LogP contribution < -0.4 is 4.74 Å². The number of hydrogen-bond donors (Lipinski definition) is 1. The average molecular weight is 323 g/mol. The lowest BCUT2D eigenvalue weighted by Gasteiger charge is -2.27. The number of fused-ring (bicyclic) bond motifs is 1. The first-order valence-electron chi connectivity index (χ1n) is 4.96. The molecule has 1 aromatic carbocycles. The van der Waals surface area contributed by atoms with Crippen LogP contribution in [0.2, 0.25) is 0 Å². The summed E-state index contributed by atoms with van der Waals surface area (Å²) in [4.78, 5) is 11.1. The van der Waals surface area contributed by atoms with Gasteiger partial charge in [-0.1, -0.05) is 15.9 Å². The third kappa shape index (κ3) is 1.87. The first kappa shape index (κ1) is 13.2. The fourth-order valence-electron chi connectivity index (χ4n) is 1.71. The Morgan fingerprint density at radius 2 is 2.22 bits per heavy atom. The molecule has 1 aliphatic rings. The van der Waals surface area contributed by atoms with Crippen LogP contribution in [-0.4, -0.2) is 24.0 Å². The van der Waals surface area contributed by atoms with Crippen molar-refractivity contribution in [3.63, 3.8) is 0 Å². The van der Waals surface area contributed by atoms with Crippen molar-refractivity contribution in [1.82, 2.24) is 0 Å². The van der Waals surface area contributed by atoms with Crippen LogP contribution in [0.25, 0.3) is 0 Å². The highest BCUT2D eigenvalue weighted by molar-refractivity contribution is 9.10. The smallest absolute Gasteiger partial charge is 0.340 e. The number of alkyl halides is 2. The van der Waals surface area contributed by atoms with Crippen LogP contribution in [-0.2, 0) is 15.5 Å². The van der Waals surface area contributed by atoms with Crippen LogP contribution in [0.4, 0.5) is 8.78 Å². The zero-order chi connectivity index (χ0) is 13.6. The van der Waals surface area contributed by atoms with Gasteiger partial charge in [-0.25, -0.2) is 0 Å². The summed E-state index contributed by atoms with van der Waals surface area (Å²) in [6.07, 6.45) is -0.956. The van der Waals surface area contributed by atoms with Gasteiger partial charge < -0.3 is 14.6 Å². The molecule has 2 rings (SSSR count). The SMILES string of the molecule is COC(=O)CC1(O)Oc2ccc(Br)cc2C1(F)F. The summed E-state index contributed by atoms with van der Waals surface area (Å²) < 4.78 is 37.6. The number of benzene rings is 1. The van der Waals surface area contributed by atoms with E-state index in [0.717, 1.165) is 13.2 Å². The highest BCUT2D eigenvalue weighted by Gasteiger charge is 2.63. The fraction of sp³-hybridized carbons (Fsp3) is 0.364. The normalized spacial score (nSPS) is 24.3. The lowest BCUT2D eigenvalue weighted by Crippen LogP contribution is -2.48. The lowest BCUT2D eigenvalue weighted by atomic mass is 10.0. The fourth-order valence-corrected chi connectivity index (χ4v) is 2.07. The number of carbonyl (C=O) groups excluding carboxylic acids is 1. The maximum absolute atomic E-state index is 14.1. The molecule has 1 heterocycles. The van der Waals surface area contributed by atoms with Gasteiger partial charge in [0.2, 0.25) is 0 Å².